The Kier molecular flexibility index (Phi) is 5.33. The number of carbonyl (C=O) groups excluding carboxylic acids is 1. The zero-order valence-corrected chi connectivity index (χ0v) is 14.0. The number of hydrogen-bond acceptors (Lipinski definition) is 5. The van der Waals surface area contributed by atoms with Gasteiger partial charge in [0.05, 0.1) is 6.04 Å². The Hall–Kier alpha value is -1.44. The van der Waals surface area contributed by atoms with E-state index in [9.17, 15) is 9.59 Å². The van der Waals surface area contributed by atoms with Gasteiger partial charge in [-0.3, -0.25) is 14.2 Å². The molecule has 0 bridgehead atoms. The van der Waals surface area contributed by atoms with E-state index in [1.54, 1.807) is 16.7 Å². The molecule has 2 heterocycles. The van der Waals surface area contributed by atoms with Crippen molar-refractivity contribution >= 4 is 28.6 Å². The van der Waals surface area contributed by atoms with Crippen molar-refractivity contribution in [3.8, 4) is 0 Å². The summed E-state index contributed by atoms with van der Waals surface area (Å²) < 4.78 is 1.50. The molecule has 114 valence electrons. The standard InChI is InChI=1S/C14H19N3O2S2/c1-10-8-21-14(19)17(10)7-13(18)15-6-12(16(2)3)11-4-5-20-9-11/h4-5,8-9,12H,6-7H2,1-3H3,(H,15,18)/t12-/m0/s1. The minimum atomic E-state index is -0.138. The number of amides is 1. The van der Waals surface area contributed by atoms with Crippen molar-refractivity contribution in [3.63, 3.8) is 0 Å². The molecule has 21 heavy (non-hydrogen) atoms. The van der Waals surface area contributed by atoms with Gasteiger partial charge in [-0.2, -0.15) is 11.3 Å². The number of likely N-dealkylation sites (N-methyl/N-ethyl adjacent to an activating group) is 1. The van der Waals surface area contributed by atoms with Gasteiger partial charge in [-0.15, -0.1) is 0 Å². The number of nitrogens with one attached hydrogen (secondary N) is 1. The minimum Gasteiger partial charge on any atom is -0.353 e. The molecular weight excluding hydrogens is 306 g/mol. The van der Waals surface area contributed by atoms with E-state index < -0.39 is 0 Å². The second-order valence-electron chi connectivity index (χ2n) is 5.07. The number of thiophene rings is 1. The lowest BCUT2D eigenvalue weighted by molar-refractivity contribution is -0.121. The second kappa shape index (κ2) is 7.02. The van der Waals surface area contributed by atoms with Crippen LogP contribution in [-0.2, 0) is 11.3 Å². The summed E-state index contributed by atoms with van der Waals surface area (Å²) in [5.41, 5.74) is 2.01. The summed E-state index contributed by atoms with van der Waals surface area (Å²) in [5, 5.41) is 8.80. The summed E-state index contributed by atoms with van der Waals surface area (Å²) in [4.78, 5) is 25.6. The third kappa shape index (κ3) is 4.03. The van der Waals surface area contributed by atoms with Crippen molar-refractivity contribution in [2.24, 2.45) is 0 Å². The van der Waals surface area contributed by atoms with Crippen LogP contribution in [0.15, 0.2) is 27.0 Å². The van der Waals surface area contributed by atoms with Crippen molar-refractivity contribution in [1.82, 2.24) is 14.8 Å². The highest BCUT2D eigenvalue weighted by molar-refractivity contribution is 7.08. The lowest BCUT2D eigenvalue weighted by atomic mass is 10.1. The fourth-order valence-electron chi connectivity index (χ4n) is 2.07. The van der Waals surface area contributed by atoms with E-state index in [1.165, 1.54) is 10.1 Å². The molecule has 0 spiro atoms. The monoisotopic (exact) mass is 325 g/mol. The molecule has 2 aromatic rings. The Balaban J connectivity index is 1.95. The molecule has 2 rings (SSSR count). The van der Waals surface area contributed by atoms with Gasteiger partial charge in [0.1, 0.15) is 6.54 Å². The van der Waals surface area contributed by atoms with E-state index in [0.717, 1.165) is 17.0 Å². The Morgan fingerprint density at radius 3 is 2.71 bits per heavy atom. The maximum atomic E-state index is 12.0. The normalized spacial score (nSPS) is 12.6. The second-order valence-corrected chi connectivity index (χ2v) is 6.67. The van der Waals surface area contributed by atoms with E-state index in [-0.39, 0.29) is 23.4 Å². The Bertz CT molecular complexity index is 643. The van der Waals surface area contributed by atoms with E-state index in [4.69, 9.17) is 0 Å². The van der Waals surface area contributed by atoms with Gasteiger partial charge >= 0.3 is 4.87 Å². The SMILES string of the molecule is Cc1csc(=O)n1CC(=O)NC[C@@H](c1ccsc1)N(C)C. The molecule has 0 radical (unpaired) electrons. The zero-order chi connectivity index (χ0) is 15.4. The predicted octanol–water partition coefficient (Wildman–Crippen LogP) is 1.70. The first-order valence-corrected chi connectivity index (χ1v) is 8.41. The van der Waals surface area contributed by atoms with Crippen LogP contribution < -0.4 is 10.2 Å². The van der Waals surface area contributed by atoms with Gasteiger partial charge < -0.3 is 10.2 Å². The van der Waals surface area contributed by atoms with Crippen LogP contribution in [0.3, 0.4) is 0 Å². The molecule has 1 atom stereocenters. The van der Waals surface area contributed by atoms with Gasteiger partial charge in [-0.1, -0.05) is 11.3 Å². The molecular formula is C14H19N3O2S2. The number of thiazole rings is 1. The molecule has 7 heteroatoms. The van der Waals surface area contributed by atoms with Gasteiger partial charge in [0.15, 0.2) is 0 Å². The molecule has 0 fully saturated rings. The van der Waals surface area contributed by atoms with Gasteiger partial charge in [-0.05, 0) is 43.4 Å². The van der Waals surface area contributed by atoms with Gasteiger partial charge in [0.2, 0.25) is 5.91 Å². The van der Waals surface area contributed by atoms with Crippen molar-refractivity contribution in [2.45, 2.75) is 19.5 Å². The van der Waals surface area contributed by atoms with Crippen molar-refractivity contribution in [3.05, 3.63) is 43.1 Å². The largest absolute Gasteiger partial charge is 0.353 e. The number of rotatable bonds is 6. The Morgan fingerprint density at radius 2 is 2.19 bits per heavy atom. The maximum absolute atomic E-state index is 12.0. The summed E-state index contributed by atoms with van der Waals surface area (Å²) in [6, 6.07) is 2.20. The molecule has 0 aliphatic heterocycles. The van der Waals surface area contributed by atoms with Gasteiger partial charge in [0.25, 0.3) is 0 Å². The average Bonchev–Trinajstić information content (AvgIpc) is 3.04. The minimum absolute atomic E-state index is 0.0813. The third-order valence-electron chi connectivity index (χ3n) is 3.32. The van der Waals surface area contributed by atoms with Crippen molar-refractivity contribution < 1.29 is 4.79 Å². The number of nitrogens with zero attached hydrogens (tertiary/aromatic N) is 2. The summed E-state index contributed by atoms with van der Waals surface area (Å²) in [7, 11) is 3.98. The smallest absolute Gasteiger partial charge is 0.307 e. The lowest BCUT2D eigenvalue weighted by Crippen LogP contribution is -2.37. The van der Waals surface area contributed by atoms with Crippen LogP contribution in [0.5, 0.6) is 0 Å². The molecule has 2 aromatic heterocycles. The fraction of sp³-hybridized carbons (Fsp3) is 0.429. The van der Waals surface area contributed by atoms with Crippen LogP contribution in [-0.4, -0.2) is 36.0 Å². The van der Waals surface area contributed by atoms with E-state index in [0.29, 0.717) is 6.54 Å². The van der Waals surface area contributed by atoms with Crippen LogP contribution in [0.25, 0.3) is 0 Å². The highest BCUT2D eigenvalue weighted by Gasteiger charge is 2.16. The molecule has 0 saturated heterocycles. The quantitative estimate of drug-likeness (QED) is 0.879. The van der Waals surface area contributed by atoms with Crippen LogP contribution in [0.4, 0.5) is 0 Å². The molecule has 0 aliphatic carbocycles. The van der Waals surface area contributed by atoms with Crippen LogP contribution in [0.2, 0.25) is 0 Å². The van der Waals surface area contributed by atoms with Gasteiger partial charge in [0, 0.05) is 17.6 Å². The van der Waals surface area contributed by atoms with Crippen LogP contribution in [0, 0.1) is 6.92 Å². The maximum Gasteiger partial charge on any atom is 0.307 e. The van der Waals surface area contributed by atoms with Crippen molar-refractivity contribution in [1.29, 1.82) is 0 Å². The molecule has 0 aliphatic rings. The first kappa shape index (κ1) is 15.9. The molecule has 5 nitrogen and oxygen atoms in total. The van der Waals surface area contributed by atoms with E-state index in [2.05, 4.69) is 21.7 Å². The molecule has 0 saturated carbocycles. The Morgan fingerprint density at radius 1 is 1.43 bits per heavy atom. The Labute approximate surface area is 131 Å². The highest BCUT2D eigenvalue weighted by atomic mass is 32.1. The molecule has 1 N–H and O–H groups in total. The van der Waals surface area contributed by atoms with Crippen LogP contribution in [0.1, 0.15) is 17.3 Å². The third-order valence-corrected chi connectivity index (χ3v) is 4.90. The first-order chi connectivity index (χ1) is 9.99. The predicted molar refractivity (Wildman–Crippen MR) is 87.1 cm³/mol. The molecule has 0 aromatic carbocycles. The van der Waals surface area contributed by atoms with Crippen molar-refractivity contribution in [2.75, 3.05) is 20.6 Å². The summed E-state index contributed by atoms with van der Waals surface area (Å²) in [6.07, 6.45) is 0. The number of carbonyl (C=O) groups is 1. The highest BCUT2D eigenvalue weighted by Crippen LogP contribution is 2.19. The number of aromatic nitrogens is 1. The molecule has 1 amide bonds. The topological polar surface area (TPSA) is 54.3 Å². The van der Waals surface area contributed by atoms with E-state index >= 15 is 0 Å². The number of hydrogen-bond donors (Lipinski definition) is 1. The summed E-state index contributed by atoms with van der Waals surface area (Å²) in [6.45, 7) is 2.44. The summed E-state index contributed by atoms with van der Waals surface area (Å²) in [5.74, 6) is -0.138. The lowest BCUT2D eigenvalue weighted by Gasteiger charge is -2.24. The fourth-order valence-corrected chi connectivity index (χ4v) is 3.51. The average molecular weight is 325 g/mol. The molecule has 0 unspecified atom stereocenters. The number of aryl methyl sites for hydroxylation is 1. The van der Waals surface area contributed by atoms with Gasteiger partial charge in [-0.25, -0.2) is 0 Å². The zero-order valence-electron chi connectivity index (χ0n) is 12.3. The summed E-state index contributed by atoms with van der Waals surface area (Å²) >= 11 is 2.76. The first-order valence-electron chi connectivity index (χ1n) is 6.59. The van der Waals surface area contributed by atoms with Crippen LogP contribution >= 0.6 is 22.7 Å². The van der Waals surface area contributed by atoms with E-state index in [1.807, 2.05) is 26.4 Å².